The molecule has 0 aliphatic carbocycles. The first kappa shape index (κ1) is 15.4. The normalized spacial score (nSPS) is 10.6. The van der Waals surface area contributed by atoms with Crippen molar-refractivity contribution in [2.45, 2.75) is 13.5 Å². The summed E-state index contributed by atoms with van der Waals surface area (Å²) in [4.78, 5) is 0. The molecule has 0 saturated heterocycles. The van der Waals surface area contributed by atoms with Gasteiger partial charge >= 0.3 is 0 Å². The van der Waals surface area contributed by atoms with Crippen LogP contribution >= 0.6 is 59.4 Å². The fourth-order valence-corrected chi connectivity index (χ4v) is 3.06. The molecule has 0 aliphatic rings. The molecule has 100 valence electrons. The molecular weight excluding hydrogens is 457 g/mol. The predicted molar refractivity (Wildman–Crippen MR) is 93.1 cm³/mol. The van der Waals surface area contributed by atoms with Gasteiger partial charge in [-0.05, 0) is 90.1 Å². The molecule has 0 aliphatic heterocycles. The van der Waals surface area contributed by atoms with E-state index in [9.17, 15) is 0 Å². The van der Waals surface area contributed by atoms with E-state index < -0.39 is 0 Å². The van der Waals surface area contributed by atoms with Crippen LogP contribution in [0.1, 0.15) is 11.1 Å². The lowest BCUT2D eigenvalue weighted by Crippen LogP contribution is -2.00. The Balaban J connectivity index is 2.14. The van der Waals surface area contributed by atoms with Crippen molar-refractivity contribution in [3.05, 3.63) is 59.9 Å². The second-order valence-corrected chi connectivity index (χ2v) is 7.15. The molecule has 5 heteroatoms. The highest BCUT2D eigenvalue weighted by molar-refractivity contribution is 9.13. The molecule has 0 spiro atoms. The molecule has 2 aromatic rings. The van der Waals surface area contributed by atoms with Gasteiger partial charge in [0, 0.05) is 25.0 Å². The Morgan fingerprint density at radius 3 is 2.42 bits per heavy atom. The topological polar surface area (TPSA) is 12.0 Å². The molecule has 0 heterocycles. The Morgan fingerprint density at radius 1 is 1.00 bits per heavy atom. The van der Waals surface area contributed by atoms with E-state index in [1.54, 1.807) is 0 Å². The predicted octanol–water partition coefficient (Wildman–Crippen LogP) is 6.55. The molecule has 19 heavy (non-hydrogen) atoms. The van der Waals surface area contributed by atoms with E-state index in [0.29, 0.717) is 0 Å². The van der Waals surface area contributed by atoms with E-state index >= 15 is 0 Å². The van der Waals surface area contributed by atoms with Gasteiger partial charge in [0.1, 0.15) is 0 Å². The lowest BCUT2D eigenvalue weighted by Gasteiger charge is -2.11. The number of benzene rings is 2. The molecule has 0 atom stereocenters. The third-order valence-corrected chi connectivity index (χ3v) is 5.66. The zero-order valence-electron chi connectivity index (χ0n) is 10.1. The monoisotopic (exact) mass is 465 g/mol. The smallest absolute Gasteiger partial charge is 0.0502 e. The van der Waals surface area contributed by atoms with Crippen molar-refractivity contribution in [2.24, 2.45) is 0 Å². The molecule has 0 radical (unpaired) electrons. The molecule has 2 rings (SSSR count). The van der Waals surface area contributed by atoms with Crippen molar-refractivity contribution < 1.29 is 0 Å². The van der Waals surface area contributed by atoms with Crippen LogP contribution in [0.2, 0.25) is 5.02 Å². The van der Waals surface area contributed by atoms with Crippen molar-refractivity contribution in [2.75, 3.05) is 5.32 Å². The SMILES string of the molecule is Cc1cc(Br)c(NCc2ccc(Br)c(Br)c2)cc1Cl. The van der Waals surface area contributed by atoms with Crippen LogP contribution in [0.3, 0.4) is 0 Å². The second kappa shape index (κ2) is 6.61. The average Bonchev–Trinajstić information content (AvgIpc) is 2.36. The minimum absolute atomic E-state index is 0.740. The molecule has 1 nitrogen and oxygen atoms in total. The van der Waals surface area contributed by atoms with E-state index in [0.717, 1.165) is 36.2 Å². The molecule has 0 fully saturated rings. The van der Waals surface area contributed by atoms with E-state index in [2.05, 4.69) is 65.2 Å². The van der Waals surface area contributed by atoms with Gasteiger partial charge in [0.25, 0.3) is 0 Å². The molecule has 0 aromatic heterocycles. The van der Waals surface area contributed by atoms with Crippen molar-refractivity contribution in [1.29, 1.82) is 0 Å². The molecule has 0 saturated carbocycles. The number of halogens is 4. The van der Waals surface area contributed by atoms with Crippen molar-refractivity contribution in [3.63, 3.8) is 0 Å². The summed E-state index contributed by atoms with van der Waals surface area (Å²) in [6.45, 7) is 2.73. The first-order chi connectivity index (χ1) is 8.97. The maximum Gasteiger partial charge on any atom is 0.0502 e. The largest absolute Gasteiger partial charge is 0.380 e. The number of hydrogen-bond donors (Lipinski definition) is 1. The maximum absolute atomic E-state index is 6.14. The van der Waals surface area contributed by atoms with E-state index in [4.69, 9.17) is 11.6 Å². The Labute approximate surface area is 143 Å². The molecule has 1 N–H and O–H groups in total. The first-order valence-electron chi connectivity index (χ1n) is 5.61. The molecule has 2 aromatic carbocycles. The Morgan fingerprint density at radius 2 is 1.74 bits per heavy atom. The van der Waals surface area contributed by atoms with Gasteiger partial charge in [-0.15, -0.1) is 0 Å². The van der Waals surface area contributed by atoms with Gasteiger partial charge in [0.15, 0.2) is 0 Å². The zero-order chi connectivity index (χ0) is 14.0. The van der Waals surface area contributed by atoms with Gasteiger partial charge in [-0.25, -0.2) is 0 Å². The standard InChI is InChI=1S/C14H11Br3ClN/c1-8-4-12(17)14(6-13(8)18)19-7-9-2-3-10(15)11(16)5-9/h2-6,19H,7H2,1H3. The summed E-state index contributed by atoms with van der Waals surface area (Å²) in [5.74, 6) is 0. The van der Waals surface area contributed by atoms with E-state index in [1.807, 2.05) is 25.1 Å². The van der Waals surface area contributed by atoms with Crippen LogP contribution in [0.4, 0.5) is 5.69 Å². The van der Waals surface area contributed by atoms with E-state index in [1.165, 1.54) is 5.56 Å². The number of anilines is 1. The summed E-state index contributed by atoms with van der Waals surface area (Å²) in [5, 5.41) is 4.14. The van der Waals surface area contributed by atoms with Crippen LogP contribution in [0, 0.1) is 6.92 Å². The Kier molecular flexibility index (Phi) is 5.35. The summed E-state index contributed by atoms with van der Waals surface area (Å²) in [6.07, 6.45) is 0. The summed E-state index contributed by atoms with van der Waals surface area (Å²) in [6, 6.07) is 10.1. The van der Waals surface area contributed by atoms with Crippen LogP contribution < -0.4 is 5.32 Å². The quantitative estimate of drug-likeness (QED) is 0.539. The van der Waals surface area contributed by atoms with Crippen LogP contribution in [-0.2, 0) is 6.54 Å². The van der Waals surface area contributed by atoms with Crippen LogP contribution in [0.15, 0.2) is 43.7 Å². The summed E-state index contributed by atoms with van der Waals surface area (Å²) in [7, 11) is 0. The highest BCUT2D eigenvalue weighted by Crippen LogP contribution is 2.30. The lowest BCUT2D eigenvalue weighted by molar-refractivity contribution is 1.14. The zero-order valence-corrected chi connectivity index (χ0v) is 15.6. The molecular formula is C14H11Br3ClN. The summed E-state index contributed by atoms with van der Waals surface area (Å²) < 4.78 is 3.12. The average molecular weight is 468 g/mol. The van der Waals surface area contributed by atoms with Crippen molar-refractivity contribution in [3.8, 4) is 0 Å². The van der Waals surface area contributed by atoms with Gasteiger partial charge in [0.2, 0.25) is 0 Å². The summed E-state index contributed by atoms with van der Waals surface area (Å²) in [5.41, 5.74) is 3.25. The van der Waals surface area contributed by atoms with Crippen molar-refractivity contribution in [1.82, 2.24) is 0 Å². The van der Waals surface area contributed by atoms with Crippen LogP contribution in [0.25, 0.3) is 0 Å². The van der Waals surface area contributed by atoms with E-state index in [-0.39, 0.29) is 0 Å². The van der Waals surface area contributed by atoms with Crippen LogP contribution in [-0.4, -0.2) is 0 Å². The molecule has 0 bridgehead atoms. The van der Waals surface area contributed by atoms with Gasteiger partial charge in [-0.1, -0.05) is 17.7 Å². The number of nitrogens with one attached hydrogen (secondary N) is 1. The third-order valence-electron chi connectivity index (χ3n) is 2.72. The highest BCUT2D eigenvalue weighted by atomic mass is 79.9. The maximum atomic E-state index is 6.14. The second-order valence-electron chi connectivity index (χ2n) is 4.18. The third kappa shape index (κ3) is 3.97. The highest BCUT2D eigenvalue weighted by Gasteiger charge is 2.05. The van der Waals surface area contributed by atoms with Crippen molar-refractivity contribution >= 4 is 65.1 Å². The minimum Gasteiger partial charge on any atom is -0.380 e. The van der Waals surface area contributed by atoms with Gasteiger partial charge < -0.3 is 5.32 Å². The van der Waals surface area contributed by atoms with Gasteiger partial charge in [-0.3, -0.25) is 0 Å². The minimum atomic E-state index is 0.740. The Bertz CT molecular complexity index is 614. The number of rotatable bonds is 3. The summed E-state index contributed by atoms with van der Waals surface area (Å²) >= 11 is 16.6. The fraction of sp³-hybridized carbons (Fsp3) is 0.143. The van der Waals surface area contributed by atoms with Crippen LogP contribution in [0.5, 0.6) is 0 Å². The lowest BCUT2D eigenvalue weighted by atomic mass is 10.2. The number of hydrogen-bond acceptors (Lipinski definition) is 1. The molecule has 0 unspecified atom stereocenters. The Hall–Kier alpha value is -0.0300. The van der Waals surface area contributed by atoms with Gasteiger partial charge in [0.05, 0.1) is 5.69 Å². The first-order valence-corrected chi connectivity index (χ1v) is 8.36. The van der Waals surface area contributed by atoms with Gasteiger partial charge in [-0.2, -0.15) is 0 Å². The number of aryl methyl sites for hydroxylation is 1. The molecule has 0 amide bonds. The fourth-order valence-electron chi connectivity index (χ4n) is 1.63.